The van der Waals surface area contributed by atoms with Crippen molar-refractivity contribution in [3.8, 4) is 0 Å². The number of imide groups is 1. The van der Waals surface area contributed by atoms with Crippen molar-refractivity contribution in [1.82, 2.24) is 5.32 Å². The summed E-state index contributed by atoms with van der Waals surface area (Å²) in [7, 11) is 3.56. The monoisotopic (exact) mass is 331 g/mol. The van der Waals surface area contributed by atoms with Crippen molar-refractivity contribution in [3.63, 3.8) is 0 Å². The van der Waals surface area contributed by atoms with Gasteiger partial charge in [-0.2, -0.15) is 0 Å². The van der Waals surface area contributed by atoms with Crippen molar-refractivity contribution in [2.45, 2.75) is 45.6 Å². The molecular weight excluding hydrogens is 306 g/mol. The first-order valence-electron chi connectivity index (χ1n) is 8.16. The van der Waals surface area contributed by atoms with E-state index in [-0.39, 0.29) is 17.7 Å². The van der Waals surface area contributed by atoms with Crippen LogP contribution in [-0.2, 0) is 14.4 Å². The van der Waals surface area contributed by atoms with Crippen molar-refractivity contribution in [2.24, 2.45) is 0 Å². The Morgan fingerprint density at radius 1 is 1.21 bits per heavy atom. The Morgan fingerprint density at radius 3 is 2.42 bits per heavy atom. The van der Waals surface area contributed by atoms with Crippen LogP contribution in [0, 0.1) is 6.92 Å². The average molecular weight is 331 g/mol. The zero-order chi connectivity index (χ0) is 18.0. The van der Waals surface area contributed by atoms with Gasteiger partial charge in [-0.25, -0.2) is 0 Å². The lowest BCUT2D eigenvalue weighted by atomic mass is 9.95. The van der Waals surface area contributed by atoms with E-state index in [1.807, 2.05) is 31.0 Å². The van der Waals surface area contributed by atoms with Crippen LogP contribution in [-0.4, -0.2) is 38.4 Å². The highest BCUT2D eigenvalue weighted by atomic mass is 16.2. The number of likely N-dealkylation sites (N-methyl/N-ethyl adjacent to an activating group) is 1. The molecule has 6 nitrogen and oxygen atoms in total. The maximum Gasteiger partial charge on any atom is 0.249 e. The molecule has 1 atom stereocenters. The summed E-state index contributed by atoms with van der Waals surface area (Å²) in [6.45, 7) is 6.11. The smallest absolute Gasteiger partial charge is 0.249 e. The van der Waals surface area contributed by atoms with Crippen LogP contribution in [0.4, 0.5) is 11.4 Å². The quantitative estimate of drug-likeness (QED) is 0.661. The summed E-state index contributed by atoms with van der Waals surface area (Å²) in [5, 5.41) is 2.40. The second-order valence-electron chi connectivity index (χ2n) is 6.62. The van der Waals surface area contributed by atoms with Gasteiger partial charge in [-0.3, -0.25) is 19.7 Å². The first-order valence-corrected chi connectivity index (χ1v) is 8.16. The van der Waals surface area contributed by atoms with E-state index in [9.17, 15) is 14.4 Å². The third-order valence-electron chi connectivity index (χ3n) is 4.55. The highest BCUT2D eigenvalue weighted by molar-refractivity contribution is 6.02. The van der Waals surface area contributed by atoms with Crippen LogP contribution >= 0.6 is 0 Å². The molecule has 1 unspecified atom stereocenters. The lowest BCUT2D eigenvalue weighted by molar-refractivity contribution is -0.134. The molecule has 0 bridgehead atoms. The van der Waals surface area contributed by atoms with Crippen LogP contribution in [0.25, 0.3) is 0 Å². The molecule has 1 aromatic rings. The van der Waals surface area contributed by atoms with Gasteiger partial charge >= 0.3 is 0 Å². The van der Waals surface area contributed by atoms with Crippen molar-refractivity contribution < 1.29 is 14.4 Å². The molecule has 0 saturated carbocycles. The number of piperidine rings is 1. The zero-order valence-corrected chi connectivity index (χ0v) is 14.9. The Morgan fingerprint density at radius 2 is 1.88 bits per heavy atom. The first-order chi connectivity index (χ1) is 11.3. The number of amides is 3. The van der Waals surface area contributed by atoms with Gasteiger partial charge in [0.25, 0.3) is 0 Å². The molecule has 1 aromatic carbocycles. The molecule has 6 heteroatoms. The molecule has 1 N–H and O–H groups in total. The van der Waals surface area contributed by atoms with E-state index in [1.165, 1.54) is 0 Å². The molecule has 1 saturated heterocycles. The van der Waals surface area contributed by atoms with Crippen molar-refractivity contribution in [3.05, 3.63) is 23.3 Å². The predicted octanol–water partition coefficient (Wildman–Crippen LogP) is 1.95. The largest absolute Gasteiger partial charge is 0.361 e. The average Bonchev–Trinajstić information content (AvgIpc) is 2.52. The molecule has 3 amide bonds. The van der Waals surface area contributed by atoms with Crippen molar-refractivity contribution in [1.29, 1.82) is 0 Å². The van der Waals surface area contributed by atoms with E-state index in [0.29, 0.717) is 12.8 Å². The van der Waals surface area contributed by atoms with Crippen molar-refractivity contribution >= 4 is 29.6 Å². The Bertz CT molecular complexity index is 670. The number of carbonyl (C=O) groups excluding carboxylic acids is 3. The van der Waals surface area contributed by atoms with E-state index in [4.69, 9.17) is 0 Å². The lowest BCUT2D eigenvalue weighted by Crippen LogP contribution is -2.51. The molecule has 0 radical (unpaired) electrons. The van der Waals surface area contributed by atoms with Gasteiger partial charge in [0.2, 0.25) is 18.2 Å². The fourth-order valence-electron chi connectivity index (χ4n) is 3.24. The number of hydrogen-bond donors (Lipinski definition) is 1. The van der Waals surface area contributed by atoms with Crippen LogP contribution in [0.2, 0.25) is 0 Å². The third kappa shape index (κ3) is 3.27. The molecule has 1 heterocycles. The SMILES string of the molecule is Cc1ccc(C(C)C)c(N(C)C=O)c1N(C)C1CCC(=O)NC1=O. The number of hydrogen-bond acceptors (Lipinski definition) is 4. The fraction of sp³-hybridized carbons (Fsp3) is 0.500. The summed E-state index contributed by atoms with van der Waals surface area (Å²) < 4.78 is 0. The van der Waals surface area contributed by atoms with Crippen LogP contribution < -0.4 is 15.1 Å². The molecule has 1 aliphatic heterocycles. The van der Waals surface area contributed by atoms with Crippen LogP contribution in [0.1, 0.15) is 43.7 Å². The molecule has 1 aliphatic rings. The number of carbonyl (C=O) groups is 3. The maximum absolute atomic E-state index is 12.2. The number of rotatable bonds is 5. The van der Waals surface area contributed by atoms with Gasteiger partial charge in [-0.05, 0) is 30.4 Å². The van der Waals surface area contributed by atoms with Gasteiger partial charge in [0.15, 0.2) is 0 Å². The minimum atomic E-state index is -0.428. The standard InChI is InChI=1S/C18H25N3O3/c1-11(2)13-7-6-12(3)16(17(13)20(4)10-22)21(5)14-8-9-15(23)19-18(14)24/h6-7,10-11,14H,8-9H2,1-5H3,(H,19,23,24). The predicted molar refractivity (Wildman–Crippen MR) is 94.3 cm³/mol. The summed E-state index contributed by atoms with van der Waals surface area (Å²) in [5.74, 6) is -0.290. The Balaban J connectivity index is 2.55. The van der Waals surface area contributed by atoms with Gasteiger partial charge in [-0.15, -0.1) is 0 Å². The number of anilines is 2. The molecule has 130 valence electrons. The Hall–Kier alpha value is -2.37. The fourth-order valence-corrected chi connectivity index (χ4v) is 3.24. The second kappa shape index (κ2) is 7.03. The summed E-state index contributed by atoms with van der Waals surface area (Å²) in [6, 6.07) is 3.61. The van der Waals surface area contributed by atoms with Gasteiger partial charge in [0.1, 0.15) is 6.04 Å². The van der Waals surface area contributed by atoms with E-state index in [1.54, 1.807) is 11.9 Å². The number of aryl methyl sites for hydroxylation is 1. The van der Waals surface area contributed by atoms with Gasteiger partial charge in [-0.1, -0.05) is 26.0 Å². The van der Waals surface area contributed by atoms with Crippen molar-refractivity contribution in [2.75, 3.05) is 23.9 Å². The van der Waals surface area contributed by atoms with Crippen LogP contribution in [0.3, 0.4) is 0 Å². The molecular formula is C18H25N3O3. The zero-order valence-electron chi connectivity index (χ0n) is 14.9. The molecule has 1 fully saturated rings. The van der Waals surface area contributed by atoms with Crippen LogP contribution in [0.5, 0.6) is 0 Å². The van der Waals surface area contributed by atoms with Gasteiger partial charge in [0.05, 0.1) is 11.4 Å². The normalized spacial score (nSPS) is 17.7. The molecule has 2 rings (SSSR count). The molecule has 0 spiro atoms. The number of nitrogens with zero attached hydrogens (tertiary/aromatic N) is 2. The van der Waals surface area contributed by atoms with E-state index in [2.05, 4.69) is 19.2 Å². The lowest BCUT2D eigenvalue weighted by Gasteiger charge is -2.36. The highest BCUT2D eigenvalue weighted by Crippen LogP contribution is 2.39. The molecule has 0 aromatic heterocycles. The summed E-state index contributed by atoms with van der Waals surface area (Å²) >= 11 is 0. The van der Waals surface area contributed by atoms with Gasteiger partial charge < -0.3 is 9.80 Å². The maximum atomic E-state index is 12.2. The number of benzene rings is 1. The summed E-state index contributed by atoms with van der Waals surface area (Å²) in [5.41, 5.74) is 3.69. The second-order valence-corrected chi connectivity index (χ2v) is 6.62. The van der Waals surface area contributed by atoms with E-state index < -0.39 is 6.04 Å². The van der Waals surface area contributed by atoms with Gasteiger partial charge in [0, 0.05) is 20.5 Å². The first kappa shape index (κ1) is 18.0. The summed E-state index contributed by atoms with van der Waals surface area (Å²) in [6.07, 6.45) is 1.57. The number of nitrogens with one attached hydrogen (secondary N) is 1. The minimum absolute atomic E-state index is 0.233. The van der Waals surface area contributed by atoms with Crippen LogP contribution in [0.15, 0.2) is 12.1 Å². The Kier molecular flexibility index (Phi) is 5.26. The van der Waals surface area contributed by atoms with E-state index in [0.717, 1.165) is 28.9 Å². The topological polar surface area (TPSA) is 69.7 Å². The molecule has 0 aliphatic carbocycles. The molecule has 24 heavy (non-hydrogen) atoms. The van der Waals surface area contributed by atoms with E-state index >= 15 is 0 Å². The highest BCUT2D eigenvalue weighted by Gasteiger charge is 2.32. The third-order valence-corrected chi connectivity index (χ3v) is 4.55. The summed E-state index contributed by atoms with van der Waals surface area (Å²) in [4.78, 5) is 38.5. The minimum Gasteiger partial charge on any atom is -0.361 e. The Labute approximate surface area is 142 Å².